The molecular formula is C60H16. The second-order valence-corrected chi connectivity index (χ2v) is 19.8. The summed E-state index contributed by atoms with van der Waals surface area (Å²) >= 11 is 0. The van der Waals surface area contributed by atoms with E-state index in [1.54, 1.807) is 43.1 Å². The van der Waals surface area contributed by atoms with Gasteiger partial charge >= 0.3 is 0 Å². The van der Waals surface area contributed by atoms with E-state index >= 15 is 0 Å². The van der Waals surface area contributed by atoms with Crippen LogP contribution in [0.3, 0.4) is 0 Å². The highest BCUT2D eigenvalue weighted by molar-refractivity contribution is 6.71. The van der Waals surface area contributed by atoms with Crippen LogP contribution >= 0.6 is 0 Å². The van der Waals surface area contributed by atoms with Crippen LogP contribution < -0.4 is 0 Å². The van der Waals surface area contributed by atoms with E-state index in [0.29, 0.717) is 0 Å². The summed E-state index contributed by atoms with van der Waals surface area (Å²) < 4.78 is 0. The van der Waals surface area contributed by atoms with Crippen molar-refractivity contribution in [3.05, 3.63) is 97.1 Å². The van der Waals surface area contributed by atoms with Crippen molar-refractivity contribution < 1.29 is 0 Å². The van der Waals surface area contributed by atoms with E-state index < -0.39 is 0 Å². The maximum absolute atomic E-state index is 2.49. The molecular weight excluding hydrogens is 721 g/mol. The summed E-state index contributed by atoms with van der Waals surface area (Å²) in [5, 5.41) is 66.1. The Morgan fingerprint density at radius 2 is 0.167 bits per heavy atom. The fraction of sp³-hybridized carbons (Fsp3) is 0. The number of hydrogen-bond acceptors (Lipinski definition) is 0. The predicted molar refractivity (Wildman–Crippen MR) is 262 cm³/mol. The average Bonchev–Trinajstić information content (AvgIpc) is 3.23. The molecule has 0 heterocycles. The maximum Gasteiger partial charge on any atom is -0.000000761 e. The Morgan fingerprint density at radius 1 is 0.0833 bits per heavy atom. The molecule has 0 radical (unpaired) electrons. The molecule has 256 valence electrons. The Hall–Kier alpha value is -7.80. The Balaban J connectivity index is 1.13. The fourth-order valence-electron chi connectivity index (χ4n) is 16.4. The van der Waals surface area contributed by atoms with Crippen molar-refractivity contribution in [2.45, 2.75) is 0 Å². The summed E-state index contributed by atoms with van der Waals surface area (Å²) in [5.41, 5.74) is 0. The van der Waals surface area contributed by atoms with Gasteiger partial charge in [0.25, 0.3) is 0 Å². The zero-order chi connectivity index (χ0) is 36.7. The molecule has 0 bridgehead atoms. The van der Waals surface area contributed by atoms with E-state index in [9.17, 15) is 0 Å². The molecule has 0 heteroatoms. The van der Waals surface area contributed by atoms with Gasteiger partial charge in [-0.3, -0.25) is 0 Å². The first-order valence-corrected chi connectivity index (χ1v) is 21.8. The minimum atomic E-state index is 1.44. The van der Waals surface area contributed by atoms with E-state index in [0.717, 1.165) is 0 Å². The smallest absolute Gasteiger partial charge is 0.000000761 e. The van der Waals surface area contributed by atoms with E-state index in [-0.39, 0.29) is 0 Å². The zero-order valence-corrected chi connectivity index (χ0v) is 31.2. The van der Waals surface area contributed by atoms with Gasteiger partial charge in [0.05, 0.1) is 0 Å². The van der Waals surface area contributed by atoms with Crippen LogP contribution in [0.2, 0.25) is 0 Å². The quantitative estimate of drug-likeness (QED) is 0.145. The molecule has 0 aliphatic carbocycles. The molecule has 0 saturated heterocycles. The zero-order valence-electron chi connectivity index (χ0n) is 31.2. The van der Waals surface area contributed by atoms with Crippen molar-refractivity contribution in [1.29, 1.82) is 0 Å². The van der Waals surface area contributed by atoms with Crippen molar-refractivity contribution in [2.24, 2.45) is 0 Å². The summed E-state index contributed by atoms with van der Waals surface area (Å²) in [5.74, 6) is 0. The maximum atomic E-state index is 2.49. The standard InChI is InChI=1S/C60H16/c1-5-21-25-9-13-29-45-41(25)37(21)33-17(1)18-2-6-22-26-10-14-30-46(42(26)38(22)34(18)33)54-50(30)52-32-16-12-28-24-8-4-20-19-3-7-23-27-11-15-31-47-43(27)39(23)35(19)36(20)40(24)44(28)48(32)56(52)60-58(54)57-53(45)49(29)51(31)55(47)59(57)60/h1-16H. The van der Waals surface area contributed by atoms with Crippen molar-refractivity contribution in [1.82, 2.24) is 0 Å². The monoisotopic (exact) mass is 736 g/mol. The molecule has 0 unspecified atom stereocenters. The van der Waals surface area contributed by atoms with Gasteiger partial charge in [0.2, 0.25) is 0 Å². The molecule has 0 aliphatic heterocycles. The Kier molecular flexibility index (Phi) is 2.72. The van der Waals surface area contributed by atoms with E-state index in [4.69, 9.17) is 0 Å². The minimum Gasteiger partial charge on any atom is -0.0531 e. The highest BCUT2D eigenvalue weighted by Crippen LogP contribution is 2.68. The van der Waals surface area contributed by atoms with Gasteiger partial charge in [-0.2, -0.15) is 0 Å². The first-order valence-electron chi connectivity index (χ1n) is 21.8. The molecule has 60 heavy (non-hydrogen) atoms. The molecule has 0 amide bonds. The van der Waals surface area contributed by atoms with Gasteiger partial charge in [0, 0.05) is 0 Å². The summed E-state index contributed by atoms with van der Waals surface area (Å²) in [6.45, 7) is 0. The van der Waals surface area contributed by atoms with Crippen molar-refractivity contribution in [3.63, 3.8) is 0 Å². The van der Waals surface area contributed by atoms with Gasteiger partial charge in [-0.1, -0.05) is 97.1 Å². The highest BCUT2D eigenvalue weighted by atomic mass is 14.4. The molecule has 0 nitrogen and oxygen atoms in total. The Labute approximate surface area is 332 Å². The van der Waals surface area contributed by atoms with E-state index in [1.807, 2.05) is 0 Å². The van der Waals surface area contributed by atoms with Crippen LogP contribution in [0, 0.1) is 0 Å². The topological polar surface area (TPSA) is 0 Å². The van der Waals surface area contributed by atoms with Gasteiger partial charge in [0.15, 0.2) is 0 Å². The lowest BCUT2D eigenvalue weighted by atomic mass is 9.66. The Morgan fingerprint density at radius 3 is 0.300 bits per heavy atom. The summed E-state index contributed by atoms with van der Waals surface area (Å²) in [7, 11) is 0. The summed E-state index contributed by atoms with van der Waals surface area (Å²) in [4.78, 5) is 0. The lowest BCUT2D eigenvalue weighted by molar-refractivity contribution is 1.84. The molecule has 23 rings (SSSR count). The first-order chi connectivity index (χ1) is 29.9. The molecule has 0 atom stereocenters. The second kappa shape index (κ2) is 6.56. The average molecular weight is 737 g/mol. The largest absolute Gasteiger partial charge is 0.0531 e. The highest BCUT2D eigenvalue weighted by Gasteiger charge is 2.39. The van der Waals surface area contributed by atoms with Crippen LogP contribution in [0.15, 0.2) is 97.1 Å². The fourth-order valence-corrected chi connectivity index (χ4v) is 16.4. The van der Waals surface area contributed by atoms with Crippen LogP contribution in [-0.2, 0) is 0 Å². The normalized spacial score (nSPS) is 15.3. The third kappa shape index (κ3) is 1.74. The number of benzene rings is 10. The number of hydrogen-bond donors (Lipinski definition) is 0. The summed E-state index contributed by atoms with van der Waals surface area (Å²) in [6, 6.07) is 39.2. The van der Waals surface area contributed by atoms with Gasteiger partial charge in [-0.05, 0) is 237 Å². The molecule has 0 aromatic heterocycles. The van der Waals surface area contributed by atoms with Gasteiger partial charge in [-0.15, -0.1) is 0 Å². The lowest BCUT2D eigenvalue weighted by Gasteiger charge is -2.35. The van der Waals surface area contributed by atoms with Crippen LogP contribution in [-0.4, -0.2) is 0 Å². The van der Waals surface area contributed by atoms with Crippen LogP contribution in [0.4, 0.5) is 0 Å². The molecule has 0 N–H and O–H groups in total. The number of fused-ring (bicyclic) bond motifs is 12. The van der Waals surface area contributed by atoms with Crippen molar-refractivity contribution in [3.8, 4) is 0 Å². The second-order valence-electron chi connectivity index (χ2n) is 19.8. The SMILES string of the molecule is c1cc2c3ccc4c5c3c2c2c1c1ccc3c6ccc7c(c6c3c12)c1c7c2c3ccc6c7ccc8c9ccc%10c%11ccc%12c%13c%11c%10c9c8c7c6c3c2c2c3c%13c%12c4c5c3c12. The first kappa shape index (κ1) is 24.9. The van der Waals surface area contributed by atoms with Crippen molar-refractivity contribution >= 4 is 237 Å². The molecule has 0 fully saturated rings. The Bertz CT molecular complexity index is 5100. The van der Waals surface area contributed by atoms with E-state index in [2.05, 4.69) is 97.1 Å². The van der Waals surface area contributed by atoms with Crippen LogP contribution in [0.1, 0.15) is 0 Å². The third-order valence-electron chi connectivity index (χ3n) is 18.5. The van der Waals surface area contributed by atoms with Gasteiger partial charge in [0.1, 0.15) is 0 Å². The number of rotatable bonds is 0. The predicted octanol–water partition coefficient (Wildman–Crippen LogP) is 17.5. The van der Waals surface area contributed by atoms with Crippen molar-refractivity contribution in [2.75, 3.05) is 0 Å². The molecule has 0 saturated carbocycles. The van der Waals surface area contributed by atoms with Crippen LogP contribution in [0.25, 0.3) is 237 Å². The van der Waals surface area contributed by atoms with Gasteiger partial charge < -0.3 is 0 Å². The molecule has 0 aliphatic rings. The third-order valence-corrected chi connectivity index (χ3v) is 18.5. The van der Waals surface area contributed by atoms with Gasteiger partial charge in [-0.25, -0.2) is 0 Å². The minimum absolute atomic E-state index is 1.44. The molecule has 23 aromatic carbocycles. The lowest BCUT2D eigenvalue weighted by Crippen LogP contribution is -2.06. The molecule has 23 aromatic rings. The van der Waals surface area contributed by atoms with Crippen LogP contribution in [0.5, 0.6) is 0 Å². The summed E-state index contributed by atoms with van der Waals surface area (Å²) in [6.07, 6.45) is 0. The van der Waals surface area contributed by atoms with E-state index in [1.165, 1.54) is 194 Å². The molecule has 0 spiro atoms.